The van der Waals surface area contributed by atoms with E-state index >= 15 is 0 Å². The summed E-state index contributed by atoms with van der Waals surface area (Å²) >= 11 is 1.53. The molecule has 0 saturated carbocycles. The number of aliphatic hydroxyl groups is 1. The van der Waals surface area contributed by atoms with Gasteiger partial charge in [0, 0.05) is 18.2 Å². The average Bonchev–Trinajstić information content (AvgIpc) is 2.74. The van der Waals surface area contributed by atoms with E-state index in [1.165, 1.54) is 11.8 Å². The van der Waals surface area contributed by atoms with Gasteiger partial charge in [0.25, 0.3) is 0 Å². The van der Waals surface area contributed by atoms with Gasteiger partial charge >= 0.3 is 0 Å². The maximum absolute atomic E-state index is 9.80. The number of rotatable bonds is 4. The number of ether oxygens (including phenoxy) is 1. The first-order chi connectivity index (χ1) is 6.31. The van der Waals surface area contributed by atoms with E-state index in [1.54, 1.807) is 0 Å². The first-order valence-electron chi connectivity index (χ1n) is 4.65. The van der Waals surface area contributed by atoms with Crippen molar-refractivity contribution in [3.05, 3.63) is 12.2 Å². The van der Waals surface area contributed by atoms with Crippen molar-refractivity contribution in [3.8, 4) is 0 Å². The molecule has 1 fully saturated rings. The van der Waals surface area contributed by atoms with Crippen LogP contribution in [0.3, 0.4) is 0 Å². The number of nitrogens with two attached hydrogens (primary N) is 1. The fourth-order valence-corrected chi connectivity index (χ4v) is 2.79. The van der Waals surface area contributed by atoms with Crippen LogP contribution in [-0.4, -0.2) is 35.0 Å². The lowest BCUT2D eigenvalue weighted by atomic mass is 9.95. The molecule has 1 saturated heterocycles. The second-order valence-electron chi connectivity index (χ2n) is 3.47. The van der Waals surface area contributed by atoms with E-state index in [9.17, 15) is 5.11 Å². The summed E-state index contributed by atoms with van der Waals surface area (Å²) in [5.41, 5.74) is 5.06. The van der Waals surface area contributed by atoms with Crippen molar-refractivity contribution in [1.82, 2.24) is 0 Å². The Morgan fingerprint density at radius 1 is 1.62 bits per heavy atom. The smallest absolute Gasteiger partial charge is 0.105 e. The summed E-state index contributed by atoms with van der Waals surface area (Å²) in [6.45, 7) is 0.624. The average molecular weight is 201 g/mol. The maximum atomic E-state index is 9.80. The third-order valence-corrected chi connectivity index (χ3v) is 3.71. The molecule has 4 unspecified atom stereocenters. The lowest BCUT2D eigenvalue weighted by Gasteiger charge is -2.21. The van der Waals surface area contributed by atoms with Gasteiger partial charge in [-0.3, -0.25) is 0 Å². The Hall–Kier alpha value is -0.0300. The highest BCUT2D eigenvalue weighted by atomic mass is 32.2. The van der Waals surface area contributed by atoms with Gasteiger partial charge in [-0.15, -0.1) is 11.8 Å². The van der Waals surface area contributed by atoms with Crippen LogP contribution in [0.25, 0.3) is 0 Å². The summed E-state index contributed by atoms with van der Waals surface area (Å²) in [5, 5.41) is 9.80. The molecule has 0 aromatic rings. The summed E-state index contributed by atoms with van der Waals surface area (Å²) in [5.74, 6) is 1.09. The van der Waals surface area contributed by atoms with E-state index in [1.807, 2.05) is 0 Å². The van der Waals surface area contributed by atoms with Crippen LogP contribution in [0, 0.1) is 5.92 Å². The molecule has 2 aliphatic heterocycles. The van der Waals surface area contributed by atoms with Crippen LogP contribution in [0.15, 0.2) is 12.2 Å². The third kappa shape index (κ3) is 1.91. The van der Waals surface area contributed by atoms with Crippen molar-refractivity contribution < 1.29 is 9.84 Å². The molecule has 0 radical (unpaired) electrons. The van der Waals surface area contributed by atoms with E-state index < -0.39 is 0 Å². The van der Waals surface area contributed by atoms with Crippen molar-refractivity contribution >= 4 is 11.8 Å². The minimum atomic E-state index is -0.316. The molecular formula is C9H15NO2S. The largest absolute Gasteiger partial charge is 0.382 e. The second kappa shape index (κ2) is 4.00. The Bertz CT molecular complexity index is 210. The SMILES string of the molecule is NCCSC(O)C1CC2C=CC1O2. The zero-order chi connectivity index (χ0) is 9.26. The fraction of sp³-hybridized carbons (Fsp3) is 0.778. The first kappa shape index (κ1) is 9.52. The van der Waals surface area contributed by atoms with Crippen LogP contribution >= 0.6 is 11.8 Å². The molecule has 4 heteroatoms. The summed E-state index contributed by atoms with van der Waals surface area (Å²) in [4.78, 5) is 0. The molecule has 3 nitrogen and oxygen atoms in total. The summed E-state index contributed by atoms with van der Waals surface area (Å²) in [6, 6.07) is 0. The van der Waals surface area contributed by atoms with Gasteiger partial charge in [0.15, 0.2) is 0 Å². The third-order valence-electron chi connectivity index (χ3n) is 2.55. The highest BCUT2D eigenvalue weighted by molar-refractivity contribution is 7.99. The van der Waals surface area contributed by atoms with Crippen LogP contribution in [0.1, 0.15) is 6.42 Å². The van der Waals surface area contributed by atoms with Crippen molar-refractivity contribution in [2.75, 3.05) is 12.3 Å². The van der Waals surface area contributed by atoms with Crippen LogP contribution in [0.4, 0.5) is 0 Å². The number of hydrogen-bond acceptors (Lipinski definition) is 4. The molecule has 0 aromatic heterocycles. The van der Waals surface area contributed by atoms with Crippen molar-refractivity contribution in [1.29, 1.82) is 0 Å². The standard InChI is InChI=1S/C9H15NO2S/c10-3-4-13-9(11)7-5-6-1-2-8(7)12-6/h1-2,6-9,11H,3-5,10H2. The van der Waals surface area contributed by atoms with E-state index in [0.717, 1.165) is 12.2 Å². The maximum Gasteiger partial charge on any atom is 0.105 e. The molecule has 3 N–H and O–H groups in total. The number of aliphatic hydroxyl groups excluding tert-OH is 1. The summed E-state index contributed by atoms with van der Waals surface area (Å²) in [6.07, 6.45) is 5.50. The molecule has 2 bridgehead atoms. The van der Waals surface area contributed by atoms with Gasteiger partial charge in [-0.05, 0) is 6.42 Å². The van der Waals surface area contributed by atoms with Gasteiger partial charge in [-0.1, -0.05) is 12.2 Å². The molecule has 2 heterocycles. The lowest BCUT2D eigenvalue weighted by Crippen LogP contribution is -2.26. The van der Waals surface area contributed by atoms with Crippen molar-refractivity contribution in [2.45, 2.75) is 24.1 Å². The van der Waals surface area contributed by atoms with Crippen molar-refractivity contribution in [3.63, 3.8) is 0 Å². The Morgan fingerprint density at radius 2 is 2.46 bits per heavy atom. The van der Waals surface area contributed by atoms with E-state index in [2.05, 4.69) is 12.2 Å². The van der Waals surface area contributed by atoms with E-state index in [-0.39, 0.29) is 23.6 Å². The number of hydrogen-bond donors (Lipinski definition) is 2. The Labute approximate surface area is 82.3 Å². The molecule has 0 amide bonds. The predicted octanol–water partition coefficient (Wildman–Crippen LogP) is 0.340. The van der Waals surface area contributed by atoms with Crippen LogP contribution in [0.5, 0.6) is 0 Å². The molecular weight excluding hydrogens is 186 g/mol. The monoisotopic (exact) mass is 201 g/mol. The predicted molar refractivity (Wildman–Crippen MR) is 53.4 cm³/mol. The molecule has 2 aliphatic rings. The minimum absolute atomic E-state index is 0.144. The minimum Gasteiger partial charge on any atom is -0.382 e. The van der Waals surface area contributed by atoms with E-state index in [4.69, 9.17) is 10.5 Å². The lowest BCUT2D eigenvalue weighted by molar-refractivity contribution is 0.0876. The Kier molecular flexibility index (Phi) is 2.93. The van der Waals surface area contributed by atoms with Gasteiger partial charge in [-0.25, -0.2) is 0 Å². The molecule has 0 aromatic carbocycles. The van der Waals surface area contributed by atoms with Gasteiger partial charge in [-0.2, -0.15) is 0 Å². The molecule has 2 rings (SSSR count). The van der Waals surface area contributed by atoms with E-state index in [0.29, 0.717) is 6.54 Å². The van der Waals surface area contributed by atoms with Crippen molar-refractivity contribution in [2.24, 2.45) is 11.7 Å². The Balaban J connectivity index is 1.84. The van der Waals surface area contributed by atoms with Gasteiger partial charge in [0.05, 0.1) is 12.2 Å². The summed E-state index contributed by atoms with van der Waals surface area (Å²) < 4.78 is 5.57. The molecule has 0 spiro atoms. The number of thioether (sulfide) groups is 1. The number of fused-ring (bicyclic) bond motifs is 2. The first-order valence-corrected chi connectivity index (χ1v) is 5.69. The zero-order valence-electron chi connectivity index (χ0n) is 7.43. The zero-order valence-corrected chi connectivity index (χ0v) is 8.24. The molecule has 4 atom stereocenters. The fourth-order valence-electron chi connectivity index (χ4n) is 1.90. The molecule has 0 aliphatic carbocycles. The highest BCUT2D eigenvalue weighted by Gasteiger charge is 2.40. The van der Waals surface area contributed by atoms with Crippen LogP contribution < -0.4 is 5.73 Å². The second-order valence-corrected chi connectivity index (χ2v) is 4.70. The molecule has 13 heavy (non-hydrogen) atoms. The summed E-state index contributed by atoms with van der Waals surface area (Å²) in [7, 11) is 0. The van der Waals surface area contributed by atoms with Gasteiger partial charge < -0.3 is 15.6 Å². The van der Waals surface area contributed by atoms with Crippen LogP contribution in [-0.2, 0) is 4.74 Å². The van der Waals surface area contributed by atoms with Crippen LogP contribution in [0.2, 0.25) is 0 Å². The normalized spacial score (nSPS) is 38.5. The highest BCUT2D eigenvalue weighted by Crippen LogP contribution is 2.38. The molecule has 74 valence electrons. The van der Waals surface area contributed by atoms with Gasteiger partial charge in [0.1, 0.15) is 5.44 Å². The topological polar surface area (TPSA) is 55.5 Å². The quantitative estimate of drug-likeness (QED) is 0.509. The van der Waals surface area contributed by atoms with Gasteiger partial charge in [0.2, 0.25) is 0 Å². The Morgan fingerprint density at radius 3 is 3.00 bits per heavy atom.